The molecule has 2 unspecified atom stereocenters. The summed E-state index contributed by atoms with van der Waals surface area (Å²) in [4.78, 5) is 1.05. The topological polar surface area (TPSA) is 99.0 Å². The molecular formula is C30H45NO5S. The Morgan fingerprint density at radius 2 is 1.68 bits per heavy atom. The van der Waals surface area contributed by atoms with Crippen molar-refractivity contribution in [2.24, 2.45) is 0 Å². The molecule has 1 aliphatic rings. The molecule has 1 fully saturated rings. The van der Waals surface area contributed by atoms with E-state index in [0.29, 0.717) is 22.9 Å². The third-order valence-electron chi connectivity index (χ3n) is 7.17. The van der Waals surface area contributed by atoms with Crippen LogP contribution in [0.25, 0.3) is 0 Å². The van der Waals surface area contributed by atoms with Gasteiger partial charge in [-0.25, -0.2) is 0 Å². The largest absolute Gasteiger partial charge is 0.508 e. The van der Waals surface area contributed by atoms with Crippen LogP contribution in [-0.2, 0) is 28.6 Å². The van der Waals surface area contributed by atoms with E-state index >= 15 is 0 Å². The van der Waals surface area contributed by atoms with E-state index < -0.39 is 16.9 Å². The van der Waals surface area contributed by atoms with Crippen LogP contribution in [0, 0.1) is 0 Å². The molecule has 0 saturated heterocycles. The summed E-state index contributed by atoms with van der Waals surface area (Å²) in [6.07, 6.45) is 11.4. The van der Waals surface area contributed by atoms with Gasteiger partial charge in [0.25, 0.3) is 0 Å². The Labute approximate surface area is 224 Å². The molecule has 1 saturated carbocycles. The maximum absolute atomic E-state index is 13.0. The van der Waals surface area contributed by atoms with E-state index in [1.54, 1.807) is 12.1 Å². The second-order valence-electron chi connectivity index (χ2n) is 10.1. The third-order valence-corrected chi connectivity index (χ3v) is 9.08. The van der Waals surface area contributed by atoms with Crippen molar-refractivity contribution >= 4 is 10.8 Å². The van der Waals surface area contributed by atoms with Gasteiger partial charge in [-0.3, -0.25) is 4.21 Å². The number of aromatic hydroxyl groups is 1. The van der Waals surface area contributed by atoms with Crippen molar-refractivity contribution in [2.45, 2.75) is 93.5 Å². The van der Waals surface area contributed by atoms with Gasteiger partial charge in [0, 0.05) is 35.5 Å². The Kier molecular flexibility index (Phi) is 13.6. The van der Waals surface area contributed by atoms with Crippen LogP contribution in [0.15, 0.2) is 47.4 Å². The quantitative estimate of drug-likeness (QED) is 0.198. The fourth-order valence-corrected chi connectivity index (χ4v) is 6.68. The number of rotatable bonds is 18. The first-order valence-electron chi connectivity index (χ1n) is 14.0. The first kappa shape index (κ1) is 29.8. The minimum atomic E-state index is -0.865. The fourth-order valence-electron chi connectivity index (χ4n) is 4.91. The maximum Gasteiger partial charge on any atom is 0.121 e. The van der Waals surface area contributed by atoms with Gasteiger partial charge in [-0.05, 0) is 80.8 Å². The number of nitrogens with one attached hydrogen (secondary N) is 1. The summed E-state index contributed by atoms with van der Waals surface area (Å²) in [5.41, 5.74) is 2.36. The average molecular weight is 532 g/mol. The van der Waals surface area contributed by atoms with Crippen molar-refractivity contribution in [2.75, 3.05) is 26.3 Å². The van der Waals surface area contributed by atoms with E-state index in [1.807, 2.05) is 6.07 Å². The second kappa shape index (κ2) is 16.9. The van der Waals surface area contributed by atoms with E-state index in [-0.39, 0.29) is 12.4 Å². The standard InChI is InChI=1S/C30H45NO5S/c32-23-26-21-25(16-17-28(26)33)29(34)22-31-18-8-1-2-9-19-36-20-10-7-12-24-11-3-6-15-30(24)37(35)27-13-4-5-14-27/h3,6,11,15-17,21,27,29,31-34H,1-2,4-5,7-10,12-14,18-20,22-23H2. The number of benzene rings is 2. The zero-order valence-electron chi connectivity index (χ0n) is 22.1. The van der Waals surface area contributed by atoms with Crippen molar-refractivity contribution in [3.05, 3.63) is 59.2 Å². The van der Waals surface area contributed by atoms with E-state index in [9.17, 15) is 19.5 Å². The smallest absolute Gasteiger partial charge is 0.121 e. The van der Waals surface area contributed by atoms with Crippen LogP contribution in [0.4, 0.5) is 0 Å². The molecule has 0 spiro atoms. The van der Waals surface area contributed by atoms with Gasteiger partial charge in [0.05, 0.1) is 23.5 Å². The van der Waals surface area contributed by atoms with Crippen LogP contribution in [0.5, 0.6) is 5.75 Å². The van der Waals surface area contributed by atoms with Crippen LogP contribution >= 0.6 is 0 Å². The van der Waals surface area contributed by atoms with E-state index in [1.165, 1.54) is 24.5 Å². The predicted molar refractivity (Wildman–Crippen MR) is 149 cm³/mol. The predicted octanol–water partition coefficient (Wildman–Crippen LogP) is 5.16. The lowest BCUT2D eigenvalue weighted by molar-refractivity contribution is 0.126. The maximum atomic E-state index is 13.0. The van der Waals surface area contributed by atoms with Crippen LogP contribution in [0.3, 0.4) is 0 Å². The Hall–Kier alpha value is -1.77. The van der Waals surface area contributed by atoms with Crippen molar-refractivity contribution < 1.29 is 24.3 Å². The van der Waals surface area contributed by atoms with E-state index in [2.05, 4.69) is 23.5 Å². The number of aryl methyl sites for hydroxylation is 1. The second-order valence-corrected chi connectivity index (χ2v) is 11.8. The van der Waals surface area contributed by atoms with Crippen molar-refractivity contribution in [3.8, 4) is 5.75 Å². The first-order valence-corrected chi connectivity index (χ1v) is 15.2. The van der Waals surface area contributed by atoms with Gasteiger partial charge in [0.15, 0.2) is 0 Å². The molecule has 2 aromatic carbocycles. The van der Waals surface area contributed by atoms with Gasteiger partial charge in [-0.1, -0.05) is 49.9 Å². The number of phenols is 1. The monoisotopic (exact) mass is 531 g/mol. The SMILES string of the molecule is O=S(c1ccccc1CCCCOCCCCCCNCC(O)c1ccc(O)c(CO)c1)C1CCCC1. The molecule has 7 heteroatoms. The summed E-state index contributed by atoms with van der Waals surface area (Å²) in [6.45, 7) is 2.61. The molecule has 0 aromatic heterocycles. The number of aliphatic hydroxyl groups is 2. The van der Waals surface area contributed by atoms with Gasteiger partial charge < -0.3 is 25.4 Å². The zero-order valence-corrected chi connectivity index (χ0v) is 22.9. The molecule has 2 atom stereocenters. The minimum Gasteiger partial charge on any atom is -0.508 e. The Bertz CT molecular complexity index is 947. The highest BCUT2D eigenvalue weighted by Crippen LogP contribution is 2.29. The highest BCUT2D eigenvalue weighted by Gasteiger charge is 2.23. The van der Waals surface area contributed by atoms with Crippen LogP contribution in [0.2, 0.25) is 0 Å². The Balaban J connectivity index is 1.16. The number of hydrogen-bond donors (Lipinski definition) is 4. The zero-order chi connectivity index (χ0) is 26.3. The highest BCUT2D eigenvalue weighted by molar-refractivity contribution is 7.85. The number of unbranched alkanes of at least 4 members (excludes halogenated alkanes) is 4. The van der Waals surface area contributed by atoms with Crippen LogP contribution < -0.4 is 5.32 Å². The number of ether oxygens (including phenoxy) is 1. The van der Waals surface area contributed by atoms with Crippen molar-refractivity contribution in [3.63, 3.8) is 0 Å². The fraction of sp³-hybridized carbons (Fsp3) is 0.600. The molecule has 0 aliphatic heterocycles. The molecule has 206 valence electrons. The van der Waals surface area contributed by atoms with Crippen molar-refractivity contribution in [1.82, 2.24) is 5.32 Å². The summed E-state index contributed by atoms with van der Waals surface area (Å²) in [5.74, 6) is 0.0460. The summed E-state index contributed by atoms with van der Waals surface area (Å²) in [6, 6.07) is 13.1. The van der Waals surface area contributed by atoms with Gasteiger partial charge in [-0.15, -0.1) is 0 Å². The third kappa shape index (κ3) is 10.1. The Morgan fingerprint density at radius 3 is 2.46 bits per heavy atom. The Morgan fingerprint density at radius 1 is 0.946 bits per heavy atom. The molecule has 0 bridgehead atoms. The van der Waals surface area contributed by atoms with Gasteiger partial charge in [0.1, 0.15) is 5.75 Å². The van der Waals surface area contributed by atoms with Crippen LogP contribution in [0.1, 0.15) is 87.0 Å². The van der Waals surface area contributed by atoms with Crippen LogP contribution in [-0.4, -0.2) is 51.1 Å². The van der Waals surface area contributed by atoms with Crippen molar-refractivity contribution in [1.29, 1.82) is 0 Å². The lowest BCUT2D eigenvalue weighted by Gasteiger charge is -2.14. The van der Waals surface area contributed by atoms with E-state index in [4.69, 9.17) is 4.74 Å². The molecule has 4 N–H and O–H groups in total. The molecular weight excluding hydrogens is 486 g/mol. The lowest BCUT2D eigenvalue weighted by atomic mass is 10.1. The van der Waals surface area contributed by atoms with Gasteiger partial charge in [0.2, 0.25) is 0 Å². The summed E-state index contributed by atoms with van der Waals surface area (Å²) in [5, 5.41) is 32.8. The molecule has 2 aromatic rings. The molecule has 37 heavy (non-hydrogen) atoms. The molecule has 1 aliphatic carbocycles. The molecule has 0 amide bonds. The number of aliphatic hydroxyl groups excluding tert-OH is 2. The highest BCUT2D eigenvalue weighted by atomic mass is 32.2. The molecule has 0 radical (unpaired) electrons. The summed E-state index contributed by atoms with van der Waals surface area (Å²) < 4.78 is 18.8. The van der Waals surface area contributed by atoms with Gasteiger partial charge >= 0.3 is 0 Å². The van der Waals surface area contributed by atoms with Gasteiger partial charge in [-0.2, -0.15) is 0 Å². The minimum absolute atomic E-state index is 0.0460. The molecule has 0 heterocycles. The molecule has 6 nitrogen and oxygen atoms in total. The first-order chi connectivity index (χ1) is 18.1. The lowest BCUT2D eigenvalue weighted by Crippen LogP contribution is -2.22. The summed E-state index contributed by atoms with van der Waals surface area (Å²) in [7, 11) is -0.865. The average Bonchev–Trinajstić information content (AvgIpc) is 3.46. The van der Waals surface area contributed by atoms with E-state index in [0.717, 1.165) is 82.4 Å². The number of hydrogen-bond acceptors (Lipinski definition) is 6. The normalized spacial score (nSPS) is 15.7. The summed E-state index contributed by atoms with van der Waals surface area (Å²) >= 11 is 0. The molecule has 3 rings (SSSR count).